The predicted octanol–water partition coefficient (Wildman–Crippen LogP) is 2.99. The highest BCUT2D eigenvalue weighted by Gasteiger charge is 2.32. The van der Waals surface area contributed by atoms with E-state index in [0.717, 1.165) is 19.3 Å². The summed E-state index contributed by atoms with van der Waals surface area (Å²) in [5.74, 6) is -0.0481. The summed E-state index contributed by atoms with van der Waals surface area (Å²) < 4.78 is 61.3. The number of amides is 1. The van der Waals surface area contributed by atoms with Gasteiger partial charge < -0.3 is 10.1 Å². The van der Waals surface area contributed by atoms with Crippen LogP contribution in [-0.2, 0) is 24.8 Å². The number of amidine groups is 1. The topological polar surface area (TPSA) is 134 Å². The van der Waals surface area contributed by atoms with Gasteiger partial charge in [-0.15, -0.1) is 0 Å². The maximum Gasteiger partial charge on any atom is 0.262 e. The van der Waals surface area contributed by atoms with Crippen LogP contribution < -0.4 is 10.0 Å². The van der Waals surface area contributed by atoms with Gasteiger partial charge in [-0.25, -0.2) is 16.8 Å². The van der Waals surface area contributed by atoms with Crippen molar-refractivity contribution in [3.63, 3.8) is 0 Å². The first-order chi connectivity index (χ1) is 17.5. The number of morpholine rings is 1. The van der Waals surface area contributed by atoms with E-state index in [0.29, 0.717) is 24.5 Å². The number of nitrogens with one attached hydrogen (secondary N) is 2. The molecule has 1 amide bonds. The number of rotatable bonds is 6. The summed E-state index contributed by atoms with van der Waals surface area (Å²) >= 11 is 0. The molecule has 2 aromatic carbocycles. The Kier molecular flexibility index (Phi) is 8.32. The first-order valence-electron chi connectivity index (χ1n) is 12.3. The van der Waals surface area contributed by atoms with Crippen molar-refractivity contribution in [3.05, 3.63) is 54.1 Å². The molecule has 0 bridgehead atoms. The molecule has 0 saturated carbocycles. The Balaban J connectivity index is 1.45. The van der Waals surface area contributed by atoms with Crippen molar-refractivity contribution < 1.29 is 26.4 Å². The third-order valence-electron chi connectivity index (χ3n) is 6.17. The molecule has 2 heterocycles. The van der Waals surface area contributed by atoms with Crippen LogP contribution in [0, 0.1) is 0 Å². The Labute approximate surface area is 218 Å². The van der Waals surface area contributed by atoms with Gasteiger partial charge in [0.1, 0.15) is 5.84 Å². The van der Waals surface area contributed by atoms with Gasteiger partial charge >= 0.3 is 0 Å². The number of anilines is 1. The molecule has 1 fully saturated rings. The average Bonchev–Trinajstić information content (AvgIpc) is 3.12. The van der Waals surface area contributed by atoms with E-state index in [1.165, 1.54) is 52.8 Å². The van der Waals surface area contributed by atoms with Gasteiger partial charge in [0.25, 0.3) is 15.9 Å². The Hall–Kier alpha value is -2.80. The number of carbonyl (C=O) groups excluding carboxylic acids is 1. The lowest BCUT2D eigenvalue weighted by Crippen LogP contribution is -2.48. The molecule has 2 atom stereocenters. The fourth-order valence-electron chi connectivity index (χ4n) is 4.37. The third-order valence-corrected chi connectivity index (χ3v) is 9.39. The molecule has 2 aromatic rings. The summed E-state index contributed by atoms with van der Waals surface area (Å²) in [6.07, 6.45) is 2.98. The zero-order chi connectivity index (χ0) is 26.6. The molecule has 10 nitrogen and oxygen atoms in total. The van der Waals surface area contributed by atoms with Gasteiger partial charge in [0.2, 0.25) is 10.0 Å². The van der Waals surface area contributed by atoms with Gasteiger partial charge in [-0.1, -0.05) is 12.5 Å². The monoisotopic (exact) mass is 548 g/mol. The molecular weight excluding hydrogens is 516 g/mol. The van der Waals surface area contributed by atoms with Gasteiger partial charge in [-0.3, -0.25) is 14.5 Å². The fourth-order valence-corrected chi connectivity index (χ4v) is 7.09. The molecule has 0 unspecified atom stereocenters. The number of sulfonamides is 2. The minimum Gasteiger partial charge on any atom is -0.373 e. The number of aliphatic imine (C=N–C) groups is 1. The normalized spacial score (nSPS) is 21.5. The van der Waals surface area contributed by atoms with Gasteiger partial charge in [0.05, 0.1) is 22.0 Å². The largest absolute Gasteiger partial charge is 0.373 e. The number of nitrogens with zero attached hydrogens (tertiary/aromatic N) is 2. The molecular formula is C25H32N4O6S2. The van der Waals surface area contributed by atoms with Crippen molar-refractivity contribution in [1.29, 1.82) is 0 Å². The van der Waals surface area contributed by atoms with Crippen LogP contribution in [0.3, 0.4) is 0 Å². The van der Waals surface area contributed by atoms with E-state index in [4.69, 9.17) is 4.74 Å². The second-order valence-electron chi connectivity index (χ2n) is 9.33. The molecule has 0 radical (unpaired) electrons. The van der Waals surface area contributed by atoms with E-state index in [2.05, 4.69) is 15.0 Å². The Morgan fingerprint density at radius 3 is 2.35 bits per heavy atom. The summed E-state index contributed by atoms with van der Waals surface area (Å²) in [6.45, 7) is 4.72. The van der Waals surface area contributed by atoms with Crippen molar-refractivity contribution >= 4 is 37.5 Å². The van der Waals surface area contributed by atoms with E-state index in [9.17, 15) is 21.6 Å². The number of hydrogen-bond donors (Lipinski definition) is 2. The highest BCUT2D eigenvalue weighted by Crippen LogP contribution is 2.23. The van der Waals surface area contributed by atoms with Crippen LogP contribution in [0.1, 0.15) is 49.9 Å². The quantitative estimate of drug-likeness (QED) is 0.570. The van der Waals surface area contributed by atoms with Crippen molar-refractivity contribution in [3.8, 4) is 0 Å². The van der Waals surface area contributed by atoms with Crippen LogP contribution in [-0.4, -0.2) is 64.7 Å². The van der Waals surface area contributed by atoms with Crippen molar-refractivity contribution in [1.82, 2.24) is 9.03 Å². The molecule has 2 N–H and O–H groups in total. The van der Waals surface area contributed by atoms with Crippen molar-refractivity contribution in [2.75, 3.05) is 25.0 Å². The zero-order valence-electron chi connectivity index (χ0n) is 20.9. The third kappa shape index (κ3) is 6.75. The van der Waals surface area contributed by atoms with Crippen LogP contribution in [0.15, 0.2) is 63.3 Å². The van der Waals surface area contributed by atoms with E-state index in [-0.39, 0.29) is 40.7 Å². The lowest BCUT2D eigenvalue weighted by atomic mass is 10.2. The smallest absolute Gasteiger partial charge is 0.262 e. The van der Waals surface area contributed by atoms with Crippen LogP contribution in [0.4, 0.5) is 5.69 Å². The summed E-state index contributed by atoms with van der Waals surface area (Å²) in [7, 11) is -7.59. The van der Waals surface area contributed by atoms with Gasteiger partial charge in [-0.2, -0.15) is 4.31 Å². The molecule has 12 heteroatoms. The van der Waals surface area contributed by atoms with Crippen molar-refractivity contribution in [2.45, 2.75) is 61.5 Å². The predicted molar refractivity (Wildman–Crippen MR) is 141 cm³/mol. The Morgan fingerprint density at radius 1 is 0.946 bits per heavy atom. The molecule has 1 saturated heterocycles. The first kappa shape index (κ1) is 27.2. The molecule has 2 aliphatic heterocycles. The van der Waals surface area contributed by atoms with Crippen LogP contribution in [0.2, 0.25) is 0 Å². The second kappa shape index (κ2) is 11.3. The Morgan fingerprint density at radius 2 is 1.65 bits per heavy atom. The Bertz CT molecular complexity index is 1360. The molecule has 0 spiro atoms. The number of benzene rings is 2. The fraction of sp³-hybridized carbons (Fsp3) is 0.440. The first-order valence-corrected chi connectivity index (χ1v) is 15.2. The van der Waals surface area contributed by atoms with Gasteiger partial charge in [0, 0.05) is 37.3 Å². The van der Waals surface area contributed by atoms with Gasteiger partial charge in [0.15, 0.2) is 0 Å². The molecule has 0 aliphatic carbocycles. The second-order valence-corrected chi connectivity index (χ2v) is 13.0. The molecule has 0 aromatic heterocycles. The highest BCUT2D eigenvalue weighted by atomic mass is 32.2. The SMILES string of the molecule is C[C@@H]1CN(S(=O)(=O)c2cccc(C(=O)Nc3ccc(S(=O)(=O)NC4=NCCCCC4)cc3)c2)C[C@H](C)O1. The lowest BCUT2D eigenvalue weighted by molar-refractivity contribution is -0.0440. The molecule has 200 valence electrons. The molecule has 37 heavy (non-hydrogen) atoms. The van der Waals surface area contributed by atoms with Crippen LogP contribution in [0.5, 0.6) is 0 Å². The standard InChI is InChI=1S/C25H32N4O6S2/c1-18-16-29(17-19(2)35-18)37(33,34)23-8-6-7-20(15-23)25(30)27-21-10-12-22(13-11-21)36(31,32)28-24-9-4-3-5-14-26-24/h6-8,10-13,15,18-19H,3-5,9,14,16-17H2,1-2H3,(H,26,28)(H,27,30)/t18-,19+. The lowest BCUT2D eigenvalue weighted by Gasteiger charge is -2.34. The van der Waals surface area contributed by atoms with Gasteiger partial charge in [-0.05, 0) is 69.2 Å². The van der Waals surface area contributed by atoms with E-state index in [1.807, 2.05) is 13.8 Å². The zero-order valence-corrected chi connectivity index (χ0v) is 22.5. The minimum atomic E-state index is -3.80. The van der Waals surface area contributed by atoms with Crippen LogP contribution >= 0.6 is 0 Å². The highest BCUT2D eigenvalue weighted by molar-refractivity contribution is 7.90. The number of hydrogen-bond acceptors (Lipinski definition) is 7. The summed E-state index contributed by atoms with van der Waals surface area (Å²) in [6, 6.07) is 11.6. The maximum absolute atomic E-state index is 13.2. The maximum atomic E-state index is 13.2. The average molecular weight is 549 g/mol. The van der Waals surface area contributed by atoms with Crippen molar-refractivity contribution in [2.24, 2.45) is 4.99 Å². The minimum absolute atomic E-state index is 0.0235. The van der Waals surface area contributed by atoms with E-state index >= 15 is 0 Å². The van der Waals surface area contributed by atoms with E-state index < -0.39 is 26.0 Å². The number of ether oxygens (including phenoxy) is 1. The summed E-state index contributed by atoms with van der Waals surface area (Å²) in [4.78, 5) is 17.2. The number of carbonyl (C=O) groups is 1. The summed E-state index contributed by atoms with van der Waals surface area (Å²) in [5.41, 5.74) is 0.542. The molecule has 2 aliphatic rings. The molecule has 4 rings (SSSR count). The van der Waals surface area contributed by atoms with E-state index in [1.54, 1.807) is 0 Å². The van der Waals surface area contributed by atoms with Crippen LogP contribution in [0.25, 0.3) is 0 Å². The summed E-state index contributed by atoms with van der Waals surface area (Å²) in [5, 5.41) is 2.69.